The van der Waals surface area contributed by atoms with E-state index in [0.717, 1.165) is 26.2 Å². The Labute approximate surface area is 186 Å². The van der Waals surface area contributed by atoms with Crippen LogP contribution in [-0.4, -0.2) is 69.0 Å². The summed E-state index contributed by atoms with van der Waals surface area (Å²) in [6, 6.07) is 9.45. The lowest BCUT2D eigenvalue weighted by molar-refractivity contribution is 0.102. The lowest BCUT2D eigenvalue weighted by Gasteiger charge is -2.32. The molecule has 1 aliphatic rings. The summed E-state index contributed by atoms with van der Waals surface area (Å²) in [7, 11) is 2.10. The van der Waals surface area contributed by atoms with Crippen molar-refractivity contribution in [1.82, 2.24) is 29.8 Å². The van der Waals surface area contributed by atoms with Gasteiger partial charge in [-0.05, 0) is 26.1 Å². The standard InChI is InChI=1S/C22H26N8O2/c1-4-18-26-20(30-12-10-29(3)11-13-30)28-22(27-18)32-21-23-14-17(15(2)24-21)19(31)25-16-8-6-5-7-9-16/h5-9,14H,4,10-13H2,1-3H3,(H,25,31). The number of piperazine rings is 1. The van der Waals surface area contributed by atoms with E-state index in [0.29, 0.717) is 35.1 Å². The van der Waals surface area contributed by atoms with Crippen molar-refractivity contribution >= 4 is 17.5 Å². The molecular weight excluding hydrogens is 408 g/mol. The predicted octanol–water partition coefficient (Wildman–Crippen LogP) is 2.33. The fourth-order valence-corrected chi connectivity index (χ4v) is 3.26. The van der Waals surface area contributed by atoms with Gasteiger partial charge in [0.2, 0.25) is 5.95 Å². The van der Waals surface area contributed by atoms with Crippen molar-refractivity contribution in [3.05, 3.63) is 53.6 Å². The van der Waals surface area contributed by atoms with Crippen molar-refractivity contribution in [3.63, 3.8) is 0 Å². The highest BCUT2D eigenvalue weighted by Crippen LogP contribution is 2.19. The average molecular weight is 435 g/mol. The van der Waals surface area contributed by atoms with Gasteiger partial charge in [-0.15, -0.1) is 0 Å². The average Bonchev–Trinajstić information content (AvgIpc) is 2.80. The van der Waals surface area contributed by atoms with Gasteiger partial charge < -0.3 is 19.9 Å². The van der Waals surface area contributed by atoms with E-state index in [-0.39, 0.29) is 17.9 Å². The largest absolute Gasteiger partial charge is 0.388 e. The summed E-state index contributed by atoms with van der Waals surface area (Å²) in [4.78, 5) is 38.8. The van der Waals surface area contributed by atoms with Gasteiger partial charge in [-0.1, -0.05) is 25.1 Å². The summed E-state index contributed by atoms with van der Waals surface area (Å²) >= 11 is 0. The molecule has 2 aromatic heterocycles. The number of nitrogens with one attached hydrogen (secondary N) is 1. The number of hydrogen-bond donors (Lipinski definition) is 1. The van der Waals surface area contributed by atoms with Crippen molar-refractivity contribution in [2.45, 2.75) is 20.3 Å². The van der Waals surface area contributed by atoms with Gasteiger partial charge in [0.1, 0.15) is 5.82 Å². The lowest BCUT2D eigenvalue weighted by Crippen LogP contribution is -2.45. The fourth-order valence-electron chi connectivity index (χ4n) is 3.26. The molecule has 1 N–H and O–H groups in total. The molecule has 3 aromatic rings. The Morgan fingerprint density at radius 2 is 1.78 bits per heavy atom. The van der Waals surface area contributed by atoms with Crippen LogP contribution in [0, 0.1) is 6.92 Å². The number of para-hydroxylation sites is 1. The van der Waals surface area contributed by atoms with E-state index in [9.17, 15) is 4.79 Å². The summed E-state index contributed by atoms with van der Waals surface area (Å²) in [5.74, 6) is 0.945. The number of ether oxygens (including phenoxy) is 1. The summed E-state index contributed by atoms with van der Waals surface area (Å²) in [5, 5.41) is 2.83. The van der Waals surface area contributed by atoms with Gasteiger partial charge in [0.05, 0.1) is 11.3 Å². The zero-order valence-corrected chi connectivity index (χ0v) is 18.4. The molecule has 0 aliphatic carbocycles. The minimum atomic E-state index is -0.286. The number of amides is 1. The normalized spacial score (nSPS) is 14.3. The van der Waals surface area contributed by atoms with E-state index in [1.807, 2.05) is 37.3 Å². The maximum atomic E-state index is 12.6. The minimum Gasteiger partial charge on any atom is -0.388 e. The third-order valence-electron chi connectivity index (χ3n) is 5.17. The first-order chi connectivity index (χ1) is 15.5. The Morgan fingerprint density at radius 1 is 1.03 bits per heavy atom. The van der Waals surface area contributed by atoms with Gasteiger partial charge in [-0.25, -0.2) is 4.98 Å². The monoisotopic (exact) mass is 434 g/mol. The van der Waals surface area contributed by atoms with Crippen molar-refractivity contribution in [2.75, 3.05) is 43.4 Å². The van der Waals surface area contributed by atoms with E-state index in [4.69, 9.17) is 4.74 Å². The second kappa shape index (κ2) is 9.65. The number of benzene rings is 1. The van der Waals surface area contributed by atoms with Crippen molar-refractivity contribution < 1.29 is 9.53 Å². The topological polar surface area (TPSA) is 109 Å². The van der Waals surface area contributed by atoms with Gasteiger partial charge in [-0.2, -0.15) is 19.9 Å². The molecule has 10 heteroatoms. The van der Waals surface area contributed by atoms with E-state index in [1.165, 1.54) is 6.20 Å². The quantitative estimate of drug-likeness (QED) is 0.625. The highest BCUT2D eigenvalue weighted by molar-refractivity contribution is 6.04. The van der Waals surface area contributed by atoms with Crippen LogP contribution in [0.1, 0.15) is 28.8 Å². The Morgan fingerprint density at radius 3 is 2.47 bits per heavy atom. The molecular formula is C22H26N8O2. The number of likely N-dealkylation sites (N-methyl/N-ethyl adjacent to an activating group) is 1. The number of carbonyl (C=O) groups excluding carboxylic acids is 1. The van der Waals surface area contributed by atoms with Crippen LogP contribution in [0.4, 0.5) is 11.6 Å². The molecule has 0 bridgehead atoms. The molecule has 0 spiro atoms. The number of hydrogen-bond acceptors (Lipinski definition) is 9. The predicted molar refractivity (Wildman–Crippen MR) is 120 cm³/mol. The Hall–Kier alpha value is -3.66. The first-order valence-electron chi connectivity index (χ1n) is 10.6. The molecule has 0 saturated carbocycles. The van der Waals surface area contributed by atoms with Gasteiger partial charge in [0, 0.05) is 44.5 Å². The highest BCUT2D eigenvalue weighted by atomic mass is 16.5. The molecule has 1 amide bonds. The molecule has 0 unspecified atom stereocenters. The van der Waals surface area contributed by atoms with E-state index < -0.39 is 0 Å². The molecule has 1 aromatic carbocycles. The third kappa shape index (κ3) is 5.14. The number of anilines is 2. The Kier molecular flexibility index (Phi) is 6.50. The zero-order valence-electron chi connectivity index (χ0n) is 18.4. The second-order valence-corrected chi connectivity index (χ2v) is 7.55. The summed E-state index contributed by atoms with van der Waals surface area (Å²) in [6.07, 6.45) is 2.09. The van der Waals surface area contributed by atoms with Crippen molar-refractivity contribution in [2.24, 2.45) is 0 Å². The van der Waals surface area contributed by atoms with Crippen molar-refractivity contribution in [1.29, 1.82) is 0 Å². The first-order valence-corrected chi connectivity index (χ1v) is 10.6. The summed E-state index contributed by atoms with van der Waals surface area (Å²) in [5.41, 5.74) is 1.56. The van der Waals surface area contributed by atoms with Crippen LogP contribution in [0.3, 0.4) is 0 Å². The van der Waals surface area contributed by atoms with Crippen LogP contribution in [0.5, 0.6) is 12.0 Å². The maximum Gasteiger partial charge on any atom is 0.329 e. The molecule has 1 saturated heterocycles. The molecule has 0 atom stereocenters. The number of rotatable bonds is 6. The molecule has 1 fully saturated rings. The fraction of sp³-hybridized carbons (Fsp3) is 0.364. The molecule has 3 heterocycles. The second-order valence-electron chi connectivity index (χ2n) is 7.55. The van der Waals surface area contributed by atoms with Crippen LogP contribution in [-0.2, 0) is 6.42 Å². The van der Waals surface area contributed by atoms with Crippen LogP contribution in [0.15, 0.2) is 36.5 Å². The lowest BCUT2D eigenvalue weighted by atomic mass is 10.2. The van der Waals surface area contributed by atoms with Crippen LogP contribution < -0.4 is 15.0 Å². The number of aryl methyl sites for hydroxylation is 2. The molecule has 10 nitrogen and oxygen atoms in total. The molecule has 32 heavy (non-hydrogen) atoms. The number of aromatic nitrogens is 5. The van der Waals surface area contributed by atoms with E-state index in [2.05, 4.69) is 47.1 Å². The van der Waals surface area contributed by atoms with Crippen molar-refractivity contribution in [3.8, 4) is 12.0 Å². The SMILES string of the molecule is CCc1nc(Oc2ncc(C(=O)Nc3ccccc3)c(C)n2)nc(N2CCN(C)CC2)n1. The molecule has 0 radical (unpaired) electrons. The number of nitrogens with zero attached hydrogens (tertiary/aromatic N) is 7. The molecule has 166 valence electrons. The highest BCUT2D eigenvalue weighted by Gasteiger charge is 2.20. The van der Waals surface area contributed by atoms with E-state index >= 15 is 0 Å². The molecule has 4 rings (SSSR count). The van der Waals surface area contributed by atoms with Gasteiger partial charge in [0.15, 0.2) is 0 Å². The number of carbonyl (C=O) groups is 1. The van der Waals surface area contributed by atoms with E-state index in [1.54, 1.807) is 6.92 Å². The third-order valence-corrected chi connectivity index (χ3v) is 5.17. The van der Waals surface area contributed by atoms with Crippen LogP contribution in [0.2, 0.25) is 0 Å². The van der Waals surface area contributed by atoms with Gasteiger partial charge in [-0.3, -0.25) is 4.79 Å². The Balaban J connectivity index is 1.50. The minimum absolute atomic E-state index is 0.0799. The maximum absolute atomic E-state index is 12.6. The van der Waals surface area contributed by atoms with Gasteiger partial charge >= 0.3 is 12.0 Å². The van der Waals surface area contributed by atoms with Crippen LogP contribution in [0.25, 0.3) is 0 Å². The van der Waals surface area contributed by atoms with Crippen LogP contribution >= 0.6 is 0 Å². The zero-order chi connectivity index (χ0) is 22.5. The van der Waals surface area contributed by atoms with Gasteiger partial charge in [0.25, 0.3) is 5.91 Å². The summed E-state index contributed by atoms with van der Waals surface area (Å²) in [6.45, 7) is 7.27. The molecule has 1 aliphatic heterocycles. The smallest absolute Gasteiger partial charge is 0.329 e. The first kappa shape index (κ1) is 21.6. The Bertz CT molecular complexity index is 1080. The summed E-state index contributed by atoms with van der Waals surface area (Å²) < 4.78 is 5.75.